The van der Waals surface area contributed by atoms with Gasteiger partial charge in [-0.1, -0.05) is 12.1 Å². The molecule has 0 radical (unpaired) electrons. The molecule has 0 saturated carbocycles. The van der Waals surface area contributed by atoms with Crippen molar-refractivity contribution >= 4 is 17.6 Å². The highest BCUT2D eigenvalue weighted by molar-refractivity contribution is 5.97. The Morgan fingerprint density at radius 1 is 1.11 bits per heavy atom. The number of piperidine rings is 1. The Bertz CT molecular complexity index is 1160. The minimum Gasteiger partial charge on any atom is -0.379 e. The number of alkyl halides is 4. The van der Waals surface area contributed by atoms with Crippen LogP contribution in [-0.4, -0.2) is 49.2 Å². The summed E-state index contributed by atoms with van der Waals surface area (Å²) in [6.07, 6.45) is -4.20. The molecular formula is C25H24F4N4O3. The summed E-state index contributed by atoms with van der Waals surface area (Å²) in [6, 6.07) is 9.79. The summed E-state index contributed by atoms with van der Waals surface area (Å²) in [4.78, 5) is 26.7. The summed E-state index contributed by atoms with van der Waals surface area (Å²) in [5, 5.41) is 13.7. The largest absolute Gasteiger partial charge is 0.418 e. The summed E-state index contributed by atoms with van der Waals surface area (Å²) in [6.45, 7) is 0.831. The molecule has 4 rings (SSSR count). The lowest BCUT2D eigenvalue weighted by Gasteiger charge is -2.37. The van der Waals surface area contributed by atoms with Crippen molar-refractivity contribution in [2.75, 3.05) is 31.6 Å². The topological polar surface area (TPSA) is 94.5 Å². The molecule has 1 unspecified atom stereocenters. The number of carbonyl (C=O) groups excluding carboxylic acids is 2. The first-order valence-corrected chi connectivity index (χ1v) is 11.4. The zero-order valence-corrected chi connectivity index (χ0v) is 19.2. The average Bonchev–Trinajstić information content (AvgIpc) is 3.36. The maximum atomic E-state index is 15.5. The van der Waals surface area contributed by atoms with Gasteiger partial charge < -0.3 is 20.3 Å². The van der Waals surface area contributed by atoms with Crippen molar-refractivity contribution in [2.24, 2.45) is 0 Å². The van der Waals surface area contributed by atoms with Gasteiger partial charge in [-0.05, 0) is 42.3 Å². The average molecular weight is 504 g/mol. The van der Waals surface area contributed by atoms with Crippen molar-refractivity contribution in [1.82, 2.24) is 10.2 Å². The molecule has 3 amide bonds. The van der Waals surface area contributed by atoms with E-state index in [1.54, 1.807) is 12.1 Å². The second-order valence-electron chi connectivity index (χ2n) is 8.86. The van der Waals surface area contributed by atoms with E-state index in [9.17, 15) is 22.8 Å². The van der Waals surface area contributed by atoms with Crippen molar-refractivity contribution in [1.29, 1.82) is 5.26 Å². The van der Waals surface area contributed by atoms with E-state index < -0.39 is 35.0 Å². The van der Waals surface area contributed by atoms with Gasteiger partial charge in [0.2, 0.25) is 0 Å². The number of hydrogen-bond donors (Lipinski definition) is 2. The maximum absolute atomic E-state index is 15.5. The van der Waals surface area contributed by atoms with Crippen LogP contribution in [0, 0.1) is 11.3 Å². The van der Waals surface area contributed by atoms with Crippen LogP contribution in [0.25, 0.3) is 0 Å². The van der Waals surface area contributed by atoms with Gasteiger partial charge in [-0.25, -0.2) is 9.18 Å². The standard InChI is InChI=1S/C25H24F4N4O3/c26-24(18-4-1-16(14-30)2-5-18)8-10-33(11-9-24)22(34)17-3-6-20(25(27,28)29)21(13-17)32-23(35)31-19-7-12-36-15-19/h1-6,13,19H,7-12,15H2,(H2,31,32,35). The number of rotatable bonds is 4. The highest BCUT2D eigenvalue weighted by atomic mass is 19.4. The van der Waals surface area contributed by atoms with Crippen LogP contribution < -0.4 is 10.6 Å². The quantitative estimate of drug-likeness (QED) is 0.596. The van der Waals surface area contributed by atoms with Crippen molar-refractivity contribution in [3.8, 4) is 6.07 Å². The number of ether oxygens (including phenoxy) is 1. The SMILES string of the molecule is N#Cc1ccc(C2(F)CCN(C(=O)c3ccc(C(F)(F)F)c(NC(=O)NC4CCOC4)c3)CC2)cc1. The molecule has 2 aromatic carbocycles. The fraction of sp³-hybridized carbons (Fsp3) is 0.400. The van der Waals surface area contributed by atoms with E-state index in [0.717, 1.165) is 18.2 Å². The Morgan fingerprint density at radius 2 is 1.81 bits per heavy atom. The Balaban J connectivity index is 1.47. The summed E-state index contributed by atoms with van der Waals surface area (Å²) in [5.41, 5.74) is -2.54. The second-order valence-corrected chi connectivity index (χ2v) is 8.86. The first-order valence-electron chi connectivity index (χ1n) is 11.4. The smallest absolute Gasteiger partial charge is 0.379 e. The van der Waals surface area contributed by atoms with Gasteiger partial charge in [0.25, 0.3) is 5.91 Å². The van der Waals surface area contributed by atoms with E-state index in [0.29, 0.717) is 24.2 Å². The third kappa shape index (κ3) is 5.60. The number of carbonyl (C=O) groups is 2. The van der Waals surface area contributed by atoms with Crippen LogP contribution in [0.3, 0.4) is 0 Å². The summed E-state index contributed by atoms with van der Waals surface area (Å²) in [5.74, 6) is -0.557. The fourth-order valence-electron chi connectivity index (χ4n) is 4.40. The lowest BCUT2D eigenvalue weighted by atomic mass is 9.85. The number of halogens is 4. The zero-order chi connectivity index (χ0) is 25.9. The van der Waals surface area contributed by atoms with Crippen LogP contribution in [0.15, 0.2) is 42.5 Å². The van der Waals surface area contributed by atoms with Crippen molar-refractivity contribution in [2.45, 2.75) is 37.1 Å². The Kier molecular flexibility index (Phi) is 7.17. The van der Waals surface area contributed by atoms with E-state index in [4.69, 9.17) is 10.00 Å². The van der Waals surface area contributed by atoms with Gasteiger partial charge in [0.15, 0.2) is 0 Å². The molecule has 0 aliphatic carbocycles. The Morgan fingerprint density at radius 3 is 2.39 bits per heavy atom. The van der Waals surface area contributed by atoms with E-state index in [2.05, 4.69) is 10.6 Å². The normalized spacial score (nSPS) is 19.4. The van der Waals surface area contributed by atoms with Gasteiger partial charge >= 0.3 is 12.2 Å². The van der Waals surface area contributed by atoms with Crippen molar-refractivity contribution in [3.63, 3.8) is 0 Å². The summed E-state index contributed by atoms with van der Waals surface area (Å²) in [7, 11) is 0. The summed E-state index contributed by atoms with van der Waals surface area (Å²) >= 11 is 0. The number of amides is 3. The molecule has 2 aliphatic heterocycles. The molecular weight excluding hydrogens is 480 g/mol. The maximum Gasteiger partial charge on any atom is 0.418 e. The van der Waals surface area contributed by atoms with Gasteiger partial charge in [-0.15, -0.1) is 0 Å². The van der Waals surface area contributed by atoms with Crippen molar-refractivity contribution in [3.05, 3.63) is 64.7 Å². The first kappa shape index (κ1) is 25.4. The van der Waals surface area contributed by atoms with Crippen LogP contribution in [0.4, 0.5) is 28.0 Å². The van der Waals surface area contributed by atoms with E-state index in [1.165, 1.54) is 17.0 Å². The number of nitriles is 1. The van der Waals surface area contributed by atoms with Gasteiger partial charge in [0, 0.05) is 38.1 Å². The third-order valence-electron chi connectivity index (χ3n) is 6.46. The minimum absolute atomic E-state index is 0.00223. The highest BCUT2D eigenvalue weighted by Gasteiger charge is 2.39. The highest BCUT2D eigenvalue weighted by Crippen LogP contribution is 2.38. The number of benzene rings is 2. The lowest BCUT2D eigenvalue weighted by Crippen LogP contribution is -2.43. The van der Waals surface area contributed by atoms with Crippen molar-refractivity contribution < 1.29 is 31.9 Å². The van der Waals surface area contributed by atoms with E-state index >= 15 is 4.39 Å². The van der Waals surface area contributed by atoms with Crippen LogP contribution in [0.2, 0.25) is 0 Å². The van der Waals surface area contributed by atoms with Crippen LogP contribution in [-0.2, 0) is 16.6 Å². The number of hydrogen-bond acceptors (Lipinski definition) is 4. The number of urea groups is 1. The number of nitrogens with one attached hydrogen (secondary N) is 2. The van der Waals surface area contributed by atoms with E-state index in [1.807, 2.05) is 6.07 Å². The molecule has 7 nitrogen and oxygen atoms in total. The van der Waals surface area contributed by atoms with E-state index in [-0.39, 0.29) is 44.1 Å². The molecule has 190 valence electrons. The monoisotopic (exact) mass is 504 g/mol. The number of likely N-dealkylation sites (tertiary alicyclic amines) is 1. The summed E-state index contributed by atoms with van der Waals surface area (Å²) < 4.78 is 61.3. The molecule has 2 saturated heterocycles. The molecule has 2 heterocycles. The fourth-order valence-corrected chi connectivity index (χ4v) is 4.40. The minimum atomic E-state index is -4.75. The van der Waals surface area contributed by atoms with Gasteiger partial charge in [-0.3, -0.25) is 4.79 Å². The lowest BCUT2D eigenvalue weighted by molar-refractivity contribution is -0.136. The Hall–Kier alpha value is -3.65. The Labute approximate surface area is 205 Å². The second kappa shape index (κ2) is 10.1. The molecule has 2 fully saturated rings. The number of anilines is 1. The first-order chi connectivity index (χ1) is 17.1. The van der Waals surface area contributed by atoms with Crippen LogP contribution in [0.1, 0.15) is 46.3 Å². The molecule has 0 spiro atoms. The molecule has 36 heavy (non-hydrogen) atoms. The number of nitrogens with zero attached hydrogens (tertiary/aromatic N) is 2. The van der Waals surface area contributed by atoms with Gasteiger partial charge in [-0.2, -0.15) is 18.4 Å². The van der Waals surface area contributed by atoms with Crippen LogP contribution >= 0.6 is 0 Å². The third-order valence-corrected chi connectivity index (χ3v) is 6.46. The van der Waals surface area contributed by atoms with Gasteiger partial charge in [0.1, 0.15) is 5.67 Å². The molecule has 0 aromatic heterocycles. The molecule has 1 atom stereocenters. The predicted molar refractivity (Wildman–Crippen MR) is 122 cm³/mol. The zero-order valence-electron chi connectivity index (χ0n) is 19.2. The van der Waals surface area contributed by atoms with Gasteiger partial charge in [0.05, 0.1) is 35.5 Å². The molecule has 2 aliphatic rings. The molecule has 2 N–H and O–H groups in total. The molecule has 0 bridgehead atoms. The van der Waals surface area contributed by atoms with Crippen LogP contribution in [0.5, 0.6) is 0 Å². The molecule has 11 heteroatoms. The predicted octanol–water partition coefficient (Wildman–Crippen LogP) is 4.59. The molecule has 2 aromatic rings.